The maximum absolute atomic E-state index is 12.0. The Bertz CT molecular complexity index is 929. The predicted molar refractivity (Wildman–Crippen MR) is 86.9 cm³/mol. The van der Waals surface area contributed by atoms with Crippen molar-refractivity contribution in [1.29, 1.82) is 0 Å². The van der Waals surface area contributed by atoms with Gasteiger partial charge in [0.2, 0.25) is 5.78 Å². The van der Waals surface area contributed by atoms with Gasteiger partial charge in [-0.3, -0.25) is 14.8 Å². The van der Waals surface area contributed by atoms with E-state index in [0.29, 0.717) is 5.69 Å². The van der Waals surface area contributed by atoms with Gasteiger partial charge in [0.15, 0.2) is 0 Å². The lowest BCUT2D eigenvalue weighted by Crippen LogP contribution is -2.19. The minimum absolute atomic E-state index is 0.210. The van der Waals surface area contributed by atoms with Crippen LogP contribution < -0.4 is 5.43 Å². The molecule has 0 spiro atoms. The summed E-state index contributed by atoms with van der Waals surface area (Å²) in [4.78, 5) is 11.8. The highest BCUT2D eigenvalue weighted by Gasteiger charge is 2.18. The number of carbonyl (C=O) groups is 1. The van der Waals surface area contributed by atoms with Crippen molar-refractivity contribution in [2.75, 3.05) is 5.43 Å². The average Bonchev–Trinajstić information content (AvgIpc) is 2.53. The molecule has 0 bridgehead atoms. The molecule has 2 aromatic carbocycles. The number of hydrogen-bond acceptors (Lipinski definition) is 5. The lowest BCUT2D eigenvalue weighted by atomic mass is 9.95. The van der Waals surface area contributed by atoms with E-state index in [-0.39, 0.29) is 16.4 Å². The largest absolute Gasteiger partial charge is 0.294 e. The third kappa shape index (κ3) is 3.20. The van der Waals surface area contributed by atoms with E-state index in [9.17, 15) is 13.2 Å². The highest BCUT2D eigenvalue weighted by molar-refractivity contribution is 7.85. The third-order valence-electron chi connectivity index (χ3n) is 3.31. The summed E-state index contributed by atoms with van der Waals surface area (Å²) >= 11 is 0. The first-order valence-corrected chi connectivity index (χ1v) is 8.12. The van der Waals surface area contributed by atoms with E-state index < -0.39 is 10.1 Å². The fraction of sp³-hybridized carbons (Fsp3) is 0. The van der Waals surface area contributed by atoms with Crippen LogP contribution in [0.5, 0.6) is 0 Å². The first kappa shape index (κ1) is 15.1. The summed E-state index contributed by atoms with van der Waals surface area (Å²) < 4.78 is 30.9. The van der Waals surface area contributed by atoms with Gasteiger partial charge >= 0.3 is 0 Å². The van der Waals surface area contributed by atoms with Crippen LogP contribution in [0, 0.1) is 0 Å². The normalized spacial score (nSPS) is 15.5. The minimum Gasteiger partial charge on any atom is -0.287 e. The van der Waals surface area contributed by atoms with Crippen LogP contribution in [0.3, 0.4) is 0 Å². The Kier molecular flexibility index (Phi) is 3.81. The van der Waals surface area contributed by atoms with Crippen molar-refractivity contribution in [2.45, 2.75) is 4.90 Å². The standard InChI is InChI=1S/C16H12N2O4S/c19-15-10-5-11-3-1-2-4-14(11)16(15)18-17-12-6-8-13(9-7-12)23(20,21)22/h1-10,17H,(H,20,21,22)/b18-16-. The van der Waals surface area contributed by atoms with Crippen LogP contribution in [-0.4, -0.2) is 24.5 Å². The Morgan fingerprint density at radius 3 is 2.35 bits per heavy atom. The quantitative estimate of drug-likeness (QED) is 0.666. The molecule has 6 nitrogen and oxygen atoms in total. The van der Waals surface area contributed by atoms with E-state index in [0.717, 1.165) is 11.1 Å². The van der Waals surface area contributed by atoms with Gasteiger partial charge in [-0.25, -0.2) is 0 Å². The molecular formula is C16H12N2O4S. The Balaban J connectivity index is 1.88. The first-order chi connectivity index (χ1) is 10.9. The maximum Gasteiger partial charge on any atom is 0.294 e. The minimum atomic E-state index is -4.23. The molecule has 1 aliphatic rings. The van der Waals surface area contributed by atoms with Crippen molar-refractivity contribution >= 4 is 33.4 Å². The summed E-state index contributed by atoms with van der Waals surface area (Å²) in [7, 11) is -4.23. The lowest BCUT2D eigenvalue weighted by Gasteiger charge is -2.12. The molecule has 0 aromatic heterocycles. The van der Waals surface area contributed by atoms with Crippen molar-refractivity contribution in [3.63, 3.8) is 0 Å². The number of allylic oxidation sites excluding steroid dienone is 1. The SMILES string of the molecule is O=C1C=Cc2ccccc2/C1=N/Nc1ccc(S(=O)(=O)O)cc1. The molecule has 0 amide bonds. The zero-order valence-corrected chi connectivity index (χ0v) is 12.6. The Morgan fingerprint density at radius 1 is 0.957 bits per heavy atom. The highest BCUT2D eigenvalue weighted by atomic mass is 32.2. The molecule has 0 unspecified atom stereocenters. The molecule has 0 radical (unpaired) electrons. The van der Waals surface area contributed by atoms with Crippen LogP contribution in [0.2, 0.25) is 0 Å². The molecule has 0 saturated carbocycles. The van der Waals surface area contributed by atoms with Crippen molar-refractivity contribution in [3.05, 3.63) is 65.7 Å². The number of benzene rings is 2. The molecule has 0 aliphatic heterocycles. The smallest absolute Gasteiger partial charge is 0.287 e. The number of anilines is 1. The number of rotatable bonds is 3. The number of fused-ring (bicyclic) bond motifs is 1. The number of hydrazone groups is 1. The van der Waals surface area contributed by atoms with Crippen LogP contribution in [0.1, 0.15) is 11.1 Å². The molecular weight excluding hydrogens is 316 g/mol. The van der Waals surface area contributed by atoms with E-state index in [1.165, 1.54) is 30.3 Å². The summed E-state index contributed by atoms with van der Waals surface area (Å²) in [5.74, 6) is -0.217. The first-order valence-electron chi connectivity index (χ1n) is 6.68. The summed E-state index contributed by atoms with van der Waals surface area (Å²) in [5.41, 5.74) is 5.11. The van der Waals surface area contributed by atoms with Crippen LogP contribution in [-0.2, 0) is 14.9 Å². The van der Waals surface area contributed by atoms with Gasteiger partial charge in [0.25, 0.3) is 10.1 Å². The molecule has 23 heavy (non-hydrogen) atoms. The van der Waals surface area contributed by atoms with Crippen molar-refractivity contribution in [2.24, 2.45) is 5.10 Å². The number of nitrogens with one attached hydrogen (secondary N) is 1. The van der Waals surface area contributed by atoms with E-state index >= 15 is 0 Å². The Labute approximate surface area is 132 Å². The lowest BCUT2D eigenvalue weighted by molar-refractivity contribution is -0.108. The number of ketones is 1. The van der Waals surface area contributed by atoms with Crippen LogP contribution in [0.15, 0.2) is 64.6 Å². The summed E-state index contributed by atoms with van der Waals surface area (Å²) in [6.07, 6.45) is 3.18. The van der Waals surface area contributed by atoms with Crippen molar-refractivity contribution in [3.8, 4) is 0 Å². The Morgan fingerprint density at radius 2 is 1.65 bits per heavy atom. The molecule has 0 heterocycles. The van der Waals surface area contributed by atoms with Gasteiger partial charge in [-0.1, -0.05) is 30.3 Å². The molecule has 3 rings (SSSR count). The van der Waals surface area contributed by atoms with E-state index in [2.05, 4.69) is 10.5 Å². The van der Waals surface area contributed by atoms with E-state index in [1.807, 2.05) is 18.2 Å². The van der Waals surface area contributed by atoms with E-state index in [4.69, 9.17) is 4.55 Å². The van der Waals surface area contributed by atoms with Crippen molar-refractivity contribution < 1.29 is 17.8 Å². The van der Waals surface area contributed by atoms with Crippen LogP contribution >= 0.6 is 0 Å². The third-order valence-corrected chi connectivity index (χ3v) is 4.18. The highest BCUT2D eigenvalue weighted by Crippen LogP contribution is 2.19. The fourth-order valence-electron chi connectivity index (χ4n) is 2.17. The zero-order chi connectivity index (χ0) is 16.4. The fourth-order valence-corrected chi connectivity index (χ4v) is 2.65. The molecule has 0 atom stereocenters. The average molecular weight is 328 g/mol. The zero-order valence-electron chi connectivity index (χ0n) is 11.8. The molecule has 0 saturated heterocycles. The van der Waals surface area contributed by atoms with Gasteiger partial charge in [0.1, 0.15) is 5.71 Å². The second-order valence-corrected chi connectivity index (χ2v) is 6.28. The van der Waals surface area contributed by atoms with Gasteiger partial charge in [-0.15, -0.1) is 0 Å². The van der Waals surface area contributed by atoms with Gasteiger partial charge in [0, 0.05) is 5.56 Å². The molecule has 116 valence electrons. The van der Waals surface area contributed by atoms with Crippen LogP contribution in [0.25, 0.3) is 6.08 Å². The number of hydrogen-bond donors (Lipinski definition) is 2. The van der Waals surface area contributed by atoms with Gasteiger partial charge in [0.05, 0.1) is 10.6 Å². The van der Waals surface area contributed by atoms with Gasteiger partial charge in [-0.05, 0) is 35.9 Å². The Hall–Kier alpha value is -2.77. The monoisotopic (exact) mass is 328 g/mol. The van der Waals surface area contributed by atoms with Crippen molar-refractivity contribution in [1.82, 2.24) is 0 Å². The second-order valence-electron chi connectivity index (χ2n) is 4.86. The summed E-state index contributed by atoms with van der Waals surface area (Å²) in [6.45, 7) is 0. The summed E-state index contributed by atoms with van der Waals surface area (Å²) in [5, 5.41) is 4.12. The van der Waals surface area contributed by atoms with Crippen LogP contribution in [0.4, 0.5) is 5.69 Å². The van der Waals surface area contributed by atoms with Gasteiger partial charge in [-0.2, -0.15) is 13.5 Å². The molecule has 2 aromatic rings. The molecule has 7 heteroatoms. The predicted octanol–water partition coefficient (Wildman–Crippen LogP) is 2.35. The van der Waals surface area contributed by atoms with Gasteiger partial charge < -0.3 is 0 Å². The number of nitrogens with zero attached hydrogens (tertiary/aromatic N) is 1. The molecule has 1 aliphatic carbocycles. The molecule has 0 fully saturated rings. The van der Waals surface area contributed by atoms with E-state index in [1.54, 1.807) is 12.1 Å². The maximum atomic E-state index is 12.0. The topological polar surface area (TPSA) is 95.8 Å². The number of carbonyl (C=O) groups excluding carboxylic acids is 1. The second kappa shape index (κ2) is 5.79. The summed E-state index contributed by atoms with van der Waals surface area (Å²) in [6, 6.07) is 12.8. The molecule has 2 N–H and O–H groups in total.